The molecule has 20 heavy (non-hydrogen) atoms. The summed E-state index contributed by atoms with van der Waals surface area (Å²) in [5, 5.41) is 20.8. The van der Waals surface area contributed by atoms with Crippen molar-refractivity contribution in [1.29, 1.82) is 0 Å². The second kappa shape index (κ2) is 5.58. The molecule has 1 aromatic heterocycles. The Balaban J connectivity index is 2.33. The van der Waals surface area contributed by atoms with Crippen molar-refractivity contribution in [3.63, 3.8) is 0 Å². The van der Waals surface area contributed by atoms with E-state index in [1.54, 1.807) is 0 Å². The number of amides is 1. The van der Waals surface area contributed by atoms with E-state index in [0.29, 0.717) is 0 Å². The van der Waals surface area contributed by atoms with Crippen molar-refractivity contribution in [2.75, 3.05) is 5.32 Å². The first-order chi connectivity index (χ1) is 9.49. The summed E-state index contributed by atoms with van der Waals surface area (Å²) in [7, 11) is 0. The van der Waals surface area contributed by atoms with Gasteiger partial charge in [-0.25, -0.2) is 9.78 Å². The summed E-state index contributed by atoms with van der Waals surface area (Å²) in [4.78, 5) is 26.8. The molecule has 0 radical (unpaired) electrons. The van der Waals surface area contributed by atoms with Gasteiger partial charge in [-0.1, -0.05) is 11.6 Å². The zero-order valence-corrected chi connectivity index (χ0v) is 10.8. The number of aromatic carboxylic acids is 1. The van der Waals surface area contributed by atoms with Crippen molar-refractivity contribution in [2.45, 2.75) is 0 Å². The summed E-state index contributed by atoms with van der Waals surface area (Å²) in [6.07, 6.45) is 1.35. The summed E-state index contributed by atoms with van der Waals surface area (Å²) < 4.78 is 0. The molecular weight excluding hydrogens is 284 g/mol. The van der Waals surface area contributed by atoms with E-state index in [0.717, 1.165) is 0 Å². The molecule has 6 nitrogen and oxygen atoms in total. The number of hydrogen-bond donors (Lipinski definition) is 3. The molecular formula is C13H9ClN2O4. The number of carbonyl (C=O) groups excluding carboxylic acids is 1. The van der Waals surface area contributed by atoms with Crippen LogP contribution in [0.2, 0.25) is 5.02 Å². The third-order valence-electron chi connectivity index (χ3n) is 2.46. The number of carboxylic acids is 1. The van der Waals surface area contributed by atoms with Crippen molar-refractivity contribution >= 4 is 29.3 Å². The summed E-state index contributed by atoms with van der Waals surface area (Å²) in [6.45, 7) is 0. The van der Waals surface area contributed by atoms with Gasteiger partial charge in [0.05, 0.1) is 10.6 Å². The van der Waals surface area contributed by atoms with Crippen LogP contribution in [0.25, 0.3) is 0 Å². The Kier molecular flexibility index (Phi) is 3.86. The Morgan fingerprint density at radius 2 is 1.95 bits per heavy atom. The van der Waals surface area contributed by atoms with Crippen LogP contribution in [0.4, 0.5) is 5.82 Å². The lowest BCUT2D eigenvalue weighted by Crippen LogP contribution is -2.16. The minimum atomic E-state index is -1.21. The topological polar surface area (TPSA) is 99.5 Å². The zero-order valence-electron chi connectivity index (χ0n) is 10.0. The van der Waals surface area contributed by atoms with Crippen LogP contribution in [0.1, 0.15) is 20.7 Å². The highest BCUT2D eigenvalue weighted by Crippen LogP contribution is 2.22. The van der Waals surface area contributed by atoms with Gasteiger partial charge in [-0.15, -0.1) is 0 Å². The molecule has 1 heterocycles. The molecule has 0 fully saturated rings. The highest BCUT2D eigenvalue weighted by Gasteiger charge is 2.16. The number of nitrogens with one attached hydrogen (secondary N) is 1. The monoisotopic (exact) mass is 292 g/mol. The van der Waals surface area contributed by atoms with Gasteiger partial charge in [0.2, 0.25) is 0 Å². The van der Waals surface area contributed by atoms with E-state index in [9.17, 15) is 14.7 Å². The molecule has 1 amide bonds. The van der Waals surface area contributed by atoms with Crippen LogP contribution in [0.3, 0.4) is 0 Å². The molecule has 0 bridgehead atoms. The molecule has 0 aliphatic carbocycles. The van der Waals surface area contributed by atoms with Crippen LogP contribution < -0.4 is 5.32 Å². The largest absolute Gasteiger partial charge is 0.508 e. The van der Waals surface area contributed by atoms with Gasteiger partial charge in [0.1, 0.15) is 17.1 Å². The number of rotatable bonds is 3. The maximum atomic E-state index is 12.0. The number of carboxylic acid groups (broad SMARTS) is 1. The smallest absolute Gasteiger partial charge is 0.339 e. The lowest BCUT2D eigenvalue weighted by atomic mass is 10.2. The highest BCUT2D eigenvalue weighted by atomic mass is 35.5. The van der Waals surface area contributed by atoms with Crippen LogP contribution in [-0.2, 0) is 0 Å². The molecule has 1 aromatic carbocycles. The fourth-order valence-corrected chi connectivity index (χ4v) is 1.74. The SMILES string of the molecule is O=C(Nc1ncccc1C(=O)O)c1cc(O)ccc1Cl. The average molecular weight is 293 g/mol. The number of aromatic nitrogens is 1. The predicted molar refractivity (Wildman–Crippen MR) is 72.3 cm³/mol. The standard InChI is InChI=1S/C13H9ClN2O4/c14-10-4-3-7(17)6-9(10)12(18)16-11-8(13(19)20)2-1-5-15-11/h1-6,17H,(H,19,20)(H,15,16,18). The molecule has 0 saturated carbocycles. The molecule has 0 atom stereocenters. The number of carbonyl (C=O) groups is 2. The van der Waals surface area contributed by atoms with E-state index < -0.39 is 11.9 Å². The van der Waals surface area contributed by atoms with Gasteiger partial charge in [-0.05, 0) is 30.3 Å². The number of phenolic OH excluding ortho intramolecular Hbond substituents is 1. The Bertz CT molecular complexity index is 688. The molecule has 2 aromatic rings. The van der Waals surface area contributed by atoms with E-state index in [2.05, 4.69) is 10.3 Å². The van der Waals surface area contributed by atoms with Crippen LogP contribution in [0.5, 0.6) is 5.75 Å². The van der Waals surface area contributed by atoms with Gasteiger partial charge in [-0.2, -0.15) is 0 Å². The van der Waals surface area contributed by atoms with Crippen LogP contribution in [0, 0.1) is 0 Å². The Labute approximate surface area is 118 Å². The molecule has 0 spiro atoms. The first-order valence-corrected chi connectivity index (χ1v) is 5.85. The van der Waals surface area contributed by atoms with E-state index in [4.69, 9.17) is 16.7 Å². The molecule has 0 unspecified atom stereocenters. The van der Waals surface area contributed by atoms with Crippen molar-refractivity contribution < 1.29 is 19.8 Å². The second-order valence-electron chi connectivity index (χ2n) is 3.82. The Morgan fingerprint density at radius 1 is 1.20 bits per heavy atom. The molecule has 0 aliphatic heterocycles. The van der Waals surface area contributed by atoms with E-state index in [-0.39, 0.29) is 27.7 Å². The minimum absolute atomic E-state index is 0.0219. The summed E-state index contributed by atoms with van der Waals surface area (Å²) >= 11 is 5.85. The van der Waals surface area contributed by atoms with Gasteiger partial charge in [-0.3, -0.25) is 4.79 Å². The number of benzene rings is 1. The Morgan fingerprint density at radius 3 is 2.65 bits per heavy atom. The van der Waals surface area contributed by atoms with Gasteiger partial charge >= 0.3 is 5.97 Å². The fourth-order valence-electron chi connectivity index (χ4n) is 1.54. The average Bonchev–Trinajstić information content (AvgIpc) is 2.41. The van der Waals surface area contributed by atoms with Crippen LogP contribution in [-0.4, -0.2) is 27.1 Å². The summed E-state index contributed by atoms with van der Waals surface area (Å²) in [5.74, 6) is -2.09. The molecule has 0 aliphatic rings. The first kappa shape index (κ1) is 13.8. The van der Waals surface area contributed by atoms with E-state index in [1.807, 2.05) is 0 Å². The third kappa shape index (κ3) is 2.86. The summed E-state index contributed by atoms with van der Waals surface area (Å²) in [5.41, 5.74) is -0.120. The molecule has 0 saturated heterocycles. The van der Waals surface area contributed by atoms with Gasteiger partial charge in [0.15, 0.2) is 0 Å². The van der Waals surface area contributed by atoms with E-state index in [1.165, 1.54) is 36.5 Å². The third-order valence-corrected chi connectivity index (χ3v) is 2.79. The second-order valence-corrected chi connectivity index (χ2v) is 4.23. The van der Waals surface area contributed by atoms with Crippen molar-refractivity contribution in [1.82, 2.24) is 4.98 Å². The zero-order chi connectivity index (χ0) is 14.7. The lowest BCUT2D eigenvalue weighted by molar-refractivity contribution is 0.0697. The number of anilines is 1. The van der Waals surface area contributed by atoms with Crippen molar-refractivity contribution in [2.24, 2.45) is 0 Å². The van der Waals surface area contributed by atoms with Crippen molar-refractivity contribution in [3.05, 3.63) is 52.7 Å². The van der Waals surface area contributed by atoms with Crippen molar-refractivity contribution in [3.8, 4) is 5.75 Å². The number of halogens is 1. The quantitative estimate of drug-likeness (QED) is 0.806. The highest BCUT2D eigenvalue weighted by molar-refractivity contribution is 6.34. The minimum Gasteiger partial charge on any atom is -0.508 e. The number of nitrogens with zero attached hydrogens (tertiary/aromatic N) is 1. The summed E-state index contributed by atoms with van der Waals surface area (Å²) in [6, 6.07) is 6.64. The first-order valence-electron chi connectivity index (χ1n) is 5.47. The molecule has 3 N–H and O–H groups in total. The van der Waals surface area contributed by atoms with E-state index >= 15 is 0 Å². The normalized spacial score (nSPS) is 10.1. The van der Waals surface area contributed by atoms with Gasteiger partial charge in [0, 0.05) is 6.20 Å². The molecule has 7 heteroatoms. The maximum absolute atomic E-state index is 12.0. The van der Waals surface area contributed by atoms with Gasteiger partial charge in [0.25, 0.3) is 5.91 Å². The predicted octanol–water partition coefficient (Wildman–Crippen LogP) is 2.39. The number of pyridine rings is 1. The maximum Gasteiger partial charge on any atom is 0.339 e. The van der Waals surface area contributed by atoms with Crippen LogP contribution in [0.15, 0.2) is 36.5 Å². The van der Waals surface area contributed by atoms with Crippen LogP contribution >= 0.6 is 11.6 Å². The molecule has 102 valence electrons. The molecule has 2 rings (SSSR count). The van der Waals surface area contributed by atoms with Gasteiger partial charge < -0.3 is 15.5 Å². The number of hydrogen-bond acceptors (Lipinski definition) is 4. The number of phenols is 1. The fraction of sp³-hybridized carbons (Fsp3) is 0. The Hall–Kier alpha value is -2.60. The lowest BCUT2D eigenvalue weighted by Gasteiger charge is -2.08. The number of aromatic hydroxyl groups is 1.